The quantitative estimate of drug-likeness (QED) is 0.121. The second kappa shape index (κ2) is 23.7. The summed E-state index contributed by atoms with van der Waals surface area (Å²) in [4.78, 5) is 86.7. The van der Waals surface area contributed by atoms with Crippen LogP contribution in [0.3, 0.4) is 0 Å². The highest BCUT2D eigenvalue weighted by Crippen LogP contribution is 2.59. The first-order valence-electron chi connectivity index (χ1n) is 29.9. The minimum Gasteiger partial charge on any atom is -0.756 e. The molecule has 8 aliphatic heterocycles. The van der Waals surface area contributed by atoms with Crippen molar-refractivity contribution in [3.05, 3.63) is 117 Å². The predicted molar refractivity (Wildman–Crippen MR) is 313 cm³/mol. The number of hydrogen-bond acceptors (Lipinski definition) is 20. The molecule has 0 spiro atoms. The molecule has 4 amide bonds. The lowest BCUT2D eigenvalue weighted by molar-refractivity contribution is -0.253. The van der Waals surface area contributed by atoms with Gasteiger partial charge in [0.15, 0.2) is 0 Å². The fourth-order valence-electron chi connectivity index (χ4n) is 13.8. The molecule has 90 heavy (non-hydrogen) atoms. The summed E-state index contributed by atoms with van der Waals surface area (Å²) in [7, 11) is -10.5. The van der Waals surface area contributed by atoms with E-state index in [1.165, 1.54) is 0 Å². The van der Waals surface area contributed by atoms with Crippen LogP contribution in [0.25, 0.3) is 0 Å². The minimum atomic E-state index is -5.26. The van der Waals surface area contributed by atoms with Gasteiger partial charge in [0.2, 0.25) is 23.6 Å². The van der Waals surface area contributed by atoms with Crippen LogP contribution in [0.15, 0.2) is 72.8 Å². The van der Waals surface area contributed by atoms with Gasteiger partial charge in [-0.15, -0.1) is 0 Å². The van der Waals surface area contributed by atoms with Crippen molar-refractivity contribution in [1.29, 1.82) is 21.0 Å². The topological polar surface area (TPSA) is 330 Å². The van der Waals surface area contributed by atoms with Gasteiger partial charge in [-0.3, -0.25) is 28.3 Å². The van der Waals surface area contributed by atoms with Crippen LogP contribution in [0, 0.1) is 45.3 Å². The van der Waals surface area contributed by atoms with Crippen LogP contribution >= 0.6 is 15.6 Å². The average molecular weight is 1270 g/mol. The highest BCUT2D eigenvalue weighted by atomic mass is 31.2. The second-order valence-electron chi connectivity index (χ2n) is 25.8. The van der Waals surface area contributed by atoms with Gasteiger partial charge in [0, 0.05) is 74.1 Å². The molecule has 12 rings (SSSR count). The van der Waals surface area contributed by atoms with E-state index in [9.17, 15) is 59.1 Å². The molecule has 4 aromatic rings. The first-order valence-corrected chi connectivity index (χ1v) is 32.9. The highest BCUT2D eigenvalue weighted by Gasteiger charge is 2.57. The first-order chi connectivity index (χ1) is 42.5. The Balaban J connectivity index is 0.000000185. The van der Waals surface area contributed by atoms with E-state index in [-0.39, 0.29) is 23.6 Å². The lowest BCUT2D eigenvalue weighted by Crippen LogP contribution is -2.57. The van der Waals surface area contributed by atoms with Crippen LogP contribution in [0.2, 0.25) is 0 Å². The van der Waals surface area contributed by atoms with Crippen molar-refractivity contribution >= 4 is 39.3 Å². The summed E-state index contributed by atoms with van der Waals surface area (Å²) in [5.41, 5.74) is -1.86. The Hall–Kier alpha value is -7.86. The molecule has 0 N–H and O–H groups in total. The number of nitriles is 4. The van der Waals surface area contributed by atoms with Gasteiger partial charge in [-0.25, -0.2) is 0 Å². The Bertz CT molecular complexity index is 3400. The van der Waals surface area contributed by atoms with Gasteiger partial charge >= 0.3 is 0 Å². The van der Waals surface area contributed by atoms with Gasteiger partial charge in [0.05, 0.1) is 70.7 Å². The van der Waals surface area contributed by atoms with Crippen molar-refractivity contribution in [2.24, 2.45) is 0 Å². The van der Waals surface area contributed by atoms with Crippen molar-refractivity contribution in [2.45, 2.75) is 178 Å². The van der Waals surface area contributed by atoms with Gasteiger partial charge < -0.3 is 66.4 Å². The molecule has 8 atom stereocenters. The summed E-state index contributed by atoms with van der Waals surface area (Å²) < 4.78 is 76.7. The Morgan fingerprint density at radius 3 is 0.767 bits per heavy atom. The van der Waals surface area contributed by atoms with E-state index in [4.69, 9.17) is 37.0 Å². The Morgan fingerprint density at radius 2 is 0.600 bits per heavy atom. The molecule has 0 saturated carbocycles. The van der Waals surface area contributed by atoms with Crippen LogP contribution in [0.1, 0.15) is 175 Å². The number of phosphoric ester groups is 2. The van der Waals surface area contributed by atoms with E-state index < -0.39 is 86.6 Å². The van der Waals surface area contributed by atoms with Crippen molar-refractivity contribution in [1.82, 2.24) is 19.6 Å². The lowest BCUT2D eigenvalue weighted by Gasteiger charge is -2.51. The maximum atomic E-state index is 14.1. The summed E-state index contributed by atoms with van der Waals surface area (Å²) in [6.45, 7) is 14.9. The van der Waals surface area contributed by atoms with E-state index in [1.807, 2.05) is 0 Å². The van der Waals surface area contributed by atoms with Gasteiger partial charge in [0.1, 0.15) is 69.8 Å². The molecule has 472 valence electrons. The molecule has 26 heteroatoms. The van der Waals surface area contributed by atoms with Gasteiger partial charge in [-0.05, 0) is 154 Å². The number of benzene rings is 4. The molecule has 0 bridgehead atoms. The van der Waals surface area contributed by atoms with Crippen molar-refractivity contribution < 1.29 is 75.1 Å². The van der Waals surface area contributed by atoms with E-state index in [0.717, 1.165) is 0 Å². The number of nitrogens with zero attached hydrogens (tertiary/aromatic N) is 8. The number of hydrogen-bond donors (Lipinski definition) is 0. The van der Waals surface area contributed by atoms with E-state index >= 15 is 0 Å². The average Bonchev–Trinajstić information content (AvgIpc) is 1.00. The summed E-state index contributed by atoms with van der Waals surface area (Å²) >= 11 is 0. The molecule has 0 radical (unpaired) electrons. The van der Waals surface area contributed by atoms with Gasteiger partial charge in [0.25, 0.3) is 15.6 Å². The number of ether oxygens (including phenoxy) is 4. The normalized spacial score (nSPS) is 27.8. The zero-order valence-corrected chi connectivity index (χ0v) is 52.8. The lowest BCUT2D eigenvalue weighted by atomic mass is 9.85. The van der Waals surface area contributed by atoms with E-state index in [2.05, 4.69) is 24.3 Å². The second-order valence-corrected chi connectivity index (χ2v) is 28.5. The zero-order valence-electron chi connectivity index (χ0n) is 51.0. The molecule has 8 aliphatic rings. The predicted octanol–water partition coefficient (Wildman–Crippen LogP) is 8.08. The van der Waals surface area contributed by atoms with Gasteiger partial charge in [-0.2, -0.15) is 21.0 Å². The monoisotopic (exact) mass is 1270 g/mol. The number of carbonyl (C=O) groups is 4. The highest BCUT2D eigenvalue weighted by molar-refractivity contribution is 7.46. The van der Waals surface area contributed by atoms with Crippen LogP contribution in [0.5, 0.6) is 23.0 Å². The van der Waals surface area contributed by atoms with Crippen molar-refractivity contribution in [2.75, 3.05) is 26.2 Å². The molecule has 0 aromatic heterocycles. The smallest absolute Gasteiger partial charge is 0.268 e. The first kappa shape index (κ1) is 63.7. The number of rotatable bonds is 12. The van der Waals surface area contributed by atoms with Crippen molar-refractivity contribution in [3.8, 4) is 47.3 Å². The minimum absolute atomic E-state index is 0.166. The third-order valence-corrected chi connectivity index (χ3v) is 19.9. The third kappa shape index (κ3) is 12.0. The largest absolute Gasteiger partial charge is 0.756 e. The number of likely N-dealkylation sites (tertiary alicyclic amines) is 4. The Kier molecular flexibility index (Phi) is 16.8. The number of fused-ring (bicyclic) bond motifs is 4. The SMILES string of the molecule is CC1(C)Oc2ccc(C#N)cc2C(N2CCCC2=O)C1OP(=O)([O-])OC1C(N2CCCC2=O)c2cc(C#N)ccc2OC1(C)C.CC1(C)Oc2ccc(C#N)cc2C(N2CCCC2=O)C1OP(=O)([O-])OC1C(N2CCCC2=O)c2cc(C#N)ccc2OC1(C)C. The number of phosphoric acid groups is 2. The summed E-state index contributed by atoms with van der Waals surface area (Å²) in [5.74, 6) is 1.02. The fraction of sp³-hybridized carbons (Fsp3) is 0.500. The van der Waals surface area contributed by atoms with Crippen LogP contribution < -0.4 is 28.7 Å². The van der Waals surface area contributed by atoms with E-state index in [1.54, 1.807) is 148 Å². The summed E-state index contributed by atoms with van der Waals surface area (Å²) in [6.07, 6.45) is -1.45. The van der Waals surface area contributed by atoms with Crippen LogP contribution in [-0.2, 0) is 46.4 Å². The number of amides is 4. The zero-order chi connectivity index (χ0) is 64.6. The van der Waals surface area contributed by atoms with Crippen molar-refractivity contribution in [3.63, 3.8) is 0 Å². The van der Waals surface area contributed by atoms with E-state index in [0.29, 0.717) is 145 Å². The maximum absolute atomic E-state index is 14.1. The molecule has 0 aliphatic carbocycles. The fourth-order valence-corrected chi connectivity index (χ4v) is 16.5. The molecule has 24 nitrogen and oxygen atoms in total. The molecule has 4 saturated heterocycles. The van der Waals surface area contributed by atoms with Gasteiger partial charge in [-0.1, -0.05) is 0 Å². The Morgan fingerprint density at radius 1 is 0.400 bits per heavy atom. The van der Waals surface area contributed by atoms with Crippen LogP contribution in [0.4, 0.5) is 0 Å². The maximum Gasteiger partial charge on any atom is 0.268 e. The summed E-state index contributed by atoms with van der Waals surface area (Å²) in [5, 5.41) is 38.4. The summed E-state index contributed by atoms with van der Waals surface area (Å²) in [6, 6.07) is 24.1. The molecule has 8 heterocycles. The standard InChI is InChI=1S/2C32H35N4O8P/c2*1-31(2)29(27(35-13-5-7-25(35)37)21-15-19(17-33)9-11-23(21)41-31)43-45(39,40)44-30-28(36-14-6-8-26(36)38)22-16-20(18-34)10-12-24(22)42-32(30,3)4/h2*9-12,15-16,27-30H,5-8,13-14H2,1-4H3,(H,39,40)/p-2. The molecule has 4 aromatic carbocycles. The third-order valence-electron chi connectivity index (χ3n) is 18.0. The molecular weight excluding hydrogens is 1200 g/mol. The Labute approximate surface area is 521 Å². The molecule has 4 fully saturated rings. The molecular formula is C64H68N8O16P2-2. The van der Waals surface area contributed by atoms with Crippen LogP contribution in [-0.4, -0.2) is 116 Å². The molecule has 8 unspecified atom stereocenters. The number of carbonyl (C=O) groups excluding carboxylic acids is 4.